The van der Waals surface area contributed by atoms with Crippen LogP contribution in [0, 0.1) is 6.92 Å². The molecule has 1 aromatic carbocycles. The number of hydrogen-bond donors (Lipinski definition) is 1. The molecule has 1 fully saturated rings. The van der Waals surface area contributed by atoms with Crippen molar-refractivity contribution in [3.63, 3.8) is 0 Å². The third kappa shape index (κ3) is 3.24. The van der Waals surface area contributed by atoms with Crippen molar-refractivity contribution < 1.29 is 9.59 Å². The van der Waals surface area contributed by atoms with Gasteiger partial charge in [-0.05, 0) is 44.9 Å². The first-order valence-electron chi connectivity index (χ1n) is 8.02. The van der Waals surface area contributed by atoms with Crippen LogP contribution < -0.4 is 5.32 Å². The van der Waals surface area contributed by atoms with Gasteiger partial charge in [0.15, 0.2) is 0 Å². The maximum atomic E-state index is 12.1. The van der Waals surface area contributed by atoms with E-state index in [1.807, 2.05) is 18.2 Å². The Balaban J connectivity index is 1.58. The number of urea groups is 1. The molecule has 2 aromatic rings. The van der Waals surface area contributed by atoms with Crippen LogP contribution in [-0.4, -0.2) is 39.7 Å². The van der Waals surface area contributed by atoms with E-state index in [2.05, 4.69) is 29.4 Å². The predicted molar refractivity (Wildman–Crippen MR) is 96.1 cm³/mol. The van der Waals surface area contributed by atoms with Crippen molar-refractivity contribution >= 4 is 34.6 Å². The summed E-state index contributed by atoms with van der Waals surface area (Å²) in [7, 11) is 0. The number of thioether (sulfide) groups is 1. The average Bonchev–Trinajstić information content (AvgIpc) is 2.72. The van der Waals surface area contributed by atoms with E-state index >= 15 is 0 Å². The van der Waals surface area contributed by atoms with Crippen molar-refractivity contribution in [3.05, 3.63) is 35.9 Å². The van der Waals surface area contributed by atoms with Gasteiger partial charge in [0, 0.05) is 17.7 Å². The summed E-state index contributed by atoms with van der Waals surface area (Å²) >= 11 is 1.65. The molecule has 24 heavy (non-hydrogen) atoms. The summed E-state index contributed by atoms with van der Waals surface area (Å²) in [4.78, 5) is 29.9. The number of para-hydroxylation sites is 1. The minimum Gasteiger partial charge on any atom is -0.324 e. The van der Waals surface area contributed by atoms with Crippen molar-refractivity contribution in [1.29, 1.82) is 0 Å². The molecule has 6 heteroatoms. The zero-order valence-corrected chi connectivity index (χ0v) is 14.9. The normalized spacial score (nSPS) is 16.7. The molecule has 0 aliphatic carbocycles. The number of benzene rings is 1. The van der Waals surface area contributed by atoms with Crippen LogP contribution >= 0.6 is 11.8 Å². The summed E-state index contributed by atoms with van der Waals surface area (Å²) in [5.74, 6) is 0.652. The van der Waals surface area contributed by atoms with Crippen molar-refractivity contribution in [2.45, 2.75) is 37.8 Å². The highest BCUT2D eigenvalue weighted by atomic mass is 32.2. The molecule has 3 rings (SSSR count). The smallest absolute Gasteiger partial charge is 0.324 e. The number of hydrogen-bond acceptors (Lipinski definition) is 4. The molecular formula is C18H21N3O2S. The monoisotopic (exact) mass is 343 g/mol. The fraction of sp³-hybridized carbons (Fsp3) is 0.389. The van der Waals surface area contributed by atoms with Gasteiger partial charge in [-0.25, -0.2) is 9.78 Å². The Hall–Kier alpha value is -2.08. The molecule has 3 amide bonds. The quantitative estimate of drug-likeness (QED) is 0.514. The van der Waals surface area contributed by atoms with Gasteiger partial charge < -0.3 is 5.32 Å². The Bertz CT molecular complexity index is 804. The molecule has 1 aliphatic rings. The Labute approximate surface area is 145 Å². The molecular weight excluding hydrogens is 322 g/mol. The number of imide groups is 1. The second-order valence-electron chi connectivity index (χ2n) is 6.51. The van der Waals surface area contributed by atoms with Crippen LogP contribution in [0.5, 0.6) is 0 Å². The van der Waals surface area contributed by atoms with Crippen molar-refractivity contribution in [1.82, 2.24) is 15.2 Å². The molecule has 1 N–H and O–H groups in total. The Kier molecular flexibility index (Phi) is 4.49. The van der Waals surface area contributed by atoms with Crippen molar-refractivity contribution in [2.75, 3.05) is 12.3 Å². The van der Waals surface area contributed by atoms with Crippen molar-refractivity contribution in [2.24, 2.45) is 0 Å². The number of nitrogens with one attached hydrogen (secondary N) is 1. The molecule has 0 radical (unpaired) electrons. The number of carbonyl (C=O) groups excluding carboxylic acids is 2. The molecule has 0 unspecified atom stereocenters. The van der Waals surface area contributed by atoms with Gasteiger partial charge in [0.05, 0.1) is 10.5 Å². The summed E-state index contributed by atoms with van der Waals surface area (Å²) < 4.78 is 0. The summed E-state index contributed by atoms with van der Waals surface area (Å²) in [6.45, 7) is 5.98. The van der Waals surface area contributed by atoms with E-state index in [1.165, 1.54) is 15.8 Å². The fourth-order valence-electron chi connectivity index (χ4n) is 2.81. The van der Waals surface area contributed by atoms with Gasteiger partial charge in [0.2, 0.25) is 0 Å². The zero-order chi connectivity index (χ0) is 17.3. The largest absolute Gasteiger partial charge is 0.325 e. The highest BCUT2D eigenvalue weighted by Gasteiger charge is 2.43. The standard InChI is InChI=1S/C18H21N3O2S/c1-12-11-15(19-14-8-5-4-7-13(12)14)24-10-6-9-21-16(22)18(2,3)20-17(21)23/h4-5,7-8,11H,6,9-10H2,1-3H3,(H,20,23). The minimum atomic E-state index is -0.790. The maximum absolute atomic E-state index is 12.1. The number of nitrogens with zero attached hydrogens (tertiary/aromatic N) is 2. The van der Waals surface area contributed by atoms with Gasteiger partial charge in [-0.3, -0.25) is 9.69 Å². The molecule has 126 valence electrons. The Morgan fingerprint density at radius 2 is 2.00 bits per heavy atom. The first-order valence-corrected chi connectivity index (χ1v) is 9.00. The highest BCUT2D eigenvalue weighted by Crippen LogP contribution is 2.24. The summed E-state index contributed by atoms with van der Waals surface area (Å²) in [6.07, 6.45) is 0.744. The third-order valence-electron chi connectivity index (χ3n) is 4.12. The van der Waals surface area contributed by atoms with Gasteiger partial charge >= 0.3 is 6.03 Å². The number of aromatic nitrogens is 1. The van der Waals surface area contributed by atoms with Crippen LogP contribution in [0.3, 0.4) is 0 Å². The topological polar surface area (TPSA) is 62.3 Å². The van der Waals surface area contributed by atoms with Crippen LogP contribution in [-0.2, 0) is 4.79 Å². The first kappa shape index (κ1) is 16.8. The zero-order valence-electron chi connectivity index (χ0n) is 14.1. The Morgan fingerprint density at radius 3 is 2.71 bits per heavy atom. The molecule has 1 saturated heterocycles. The van der Waals surface area contributed by atoms with Crippen LogP contribution in [0.15, 0.2) is 35.4 Å². The second kappa shape index (κ2) is 6.43. The van der Waals surface area contributed by atoms with Gasteiger partial charge in [0.25, 0.3) is 5.91 Å². The molecule has 0 saturated carbocycles. The van der Waals surface area contributed by atoms with E-state index in [4.69, 9.17) is 0 Å². The highest BCUT2D eigenvalue weighted by molar-refractivity contribution is 7.99. The summed E-state index contributed by atoms with van der Waals surface area (Å²) in [5.41, 5.74) is 1.41. The van der Waals surface area contributed by atoms with Gasteiger partial charge in [-0.15, -0.1) is 11.8 Å². The number of carbonyl (C=O) groups is 2. The van der Waals surface area contributed by atoms with E-state index in [1.54, 1.807) is 25.6 Å². The number of pyridine rings is 1. The minimum absolute atomic E-state index is 0.155. The van der Waals surface area contributed by atoms with Crippen LogP contribution in [0.1, 0.15) is 25.8 Å². The van der Waals surface area contributed by atoms with E-state index in [0.29, 0.717) is 6.54 Å². The van der Waals surface area contributed by atoms with Gasteiger partial charge in [-0.1, -0.05) is 18.2 Å². The Morgan fingerprint density at radius 1 is 1.25 bits per heavy atom. The van der Waals surface area contributed by atoms with Crippen LogP contribution in [0.25, 0.3) is 10.9 Å². The third-order valence-corrected chi connectivity index (χ3v) is 5.12. The lowest BCUT2D eigenvalue weighted by Crippen LogP contribution is -2.40. The lowest BCUT2D eigenvalue weighted by Gasteiger charge is -2.15. The predicted octanol–water partition coefficient (Wildman–Crippen LogP) is 3.36. The molecule has 1 aromatic heterocycles. The number of aryl methyl sites for hydroxylation is 1. The van der Waals surface area contributed by atoms with Crippen molar-refractivity contribution in [3.8, 4) is 0 Å². The van der Waals surface area contributed by atoms with Gasteiger partial charge in [-0.2, -0.15) is 0 Å². The van der Waals surface area contributed by atoms with Crippen LogP contribution in [0.4, 0.5) is 4.79 Å². The van der Waals surface area contributed by atoms with E-state index in [0.717, 1.165) is 22.7 Å². The van der Waals surface area contributed by atoms with E-state index in [9.17, 15) is 9.59 Å². The van der Waals surface area contributed by atoms with E-state index in [-0.39, 0.29) is 11.9 Å². The van der Waals surface area contributed by atoms with E-state index < -0.39 is 5.54 Å². The second-order valence-corrected chi connectivity index (χ2v) is 7.62. The van der Waals surface area contributed by atoms with Crippen LogP contribution in [0.2, 0.25) is 0 Å². The van der Waals surface area contributed by atoms with Gasteiger partial charge in [0.1, 0.15) is 5.54 Å². The number of fused-ring (bicyclic) bond motifs is 1. The molecule has 1 aliphatic heterocycles. The molecule has 5 nitrogen and oxygen atoms in total. The molecule has 0 spiro atoms. The SMILES string of the molecule is Cc1cc(SCCCN2C(=O)NC(C)(C)C2=O)nc2ccccc12. The first-order chi connectivity index (χ1) is 11.4. The average molecular weight is 343 g/mol. The number of amides is 3. The number of rotatable bonds is 5. The maximum Gasteiger partial charge on any atom is 0.325 e. The summed E-state index contributed by atoms with van der Waals surface area (Å²) in [6, 6.07) is 9.89. The molecule has 0 atom stereocenters. The molecule has 0 bridgehead atoms. The summed E-state index contributed by atoms with van der Waals surface area (Å²) in [5, 5.41) is 4.84. The lowest BCUT2D eigenvalue weighted by atomic mass is 10.1. The molecule has 2 heterocycles. The lowest BCUT2D eigenvalue weighted by molar-refractivity contribution is -0.130. The fourth-order valence-corrected chi connectivity index (χ4v) is 3.72.